The lowest BCUT2D eigenvalue weighted by Gasteiger charge is -2.17. The van der Waals surface area contributed by atoms with E-state index in [1.165, 1.54) is 7.11 Å². The quantitative estimate of drug-likeness (QED) is 0.881. The van der Waals surface area contributed by atoms with Gasteiger partial charge in [-0.15, -0.1) is 0 Å². The summed E-state index contributed by atoms with van der Waals surface area (Å²) in [6.07, 6.45) is -0.860. The average molecular weight is 321 g/mol. The Hall–Kier alpha value is -2.20. The van der Waals surface area contributed by atoms with Crippen molar-refractivity contribution in [3.05, 3.63) is 58.6 Å². The van der Waals surface area contributed by atoms with Gasteiger partial charge in [-0.2, -0.15) is 0 Å². The molecule has 1 atom stereocenters. The Labute approximate surface area is 134 Å². The van der Waals surface area contributed by atoms with Crippen molar-refractivity contribution in [3.8, 4) is 11.5 Å². The van der Waals surface area contributed by atoms with E-state index in [0.29, 0.717) is 22.1 Å². The van der Waals surface area contributed by atoms with Crippen LogP contribution in [0.2, 0.25) is 5.02 Å². The summed E-state index contributed by atoms with van der Waals surface area (Å²) in [6, 6.07) is 12.4. The van der Waals surface area contributed by atoms with Gasteiger partial charge >= 0.3 is 5.97 Å². The second kappa shape index (κ2) is 7.18. The van der Waals surface area contributed by atoms with Gasteiger partial charge in [0.25, 0.3) is 0 Å². The smallest absolute Gasteiger partial charge is 0.345 e. The zero-order chi connectivity index (χ0) is 16.1. The third kappa shape index (κ3) is 4.15. The van der Waals surface area contributed by atoms with E-state index in [1.54, 1.807) is 30.3 Å². The maximum Gasteiger partial charge on any atom is 0.345 e. The summed E-state index contributed by atoms with van der Waals surface area (Å²) in [7, 11) is 1.53. The second-order valence-corrected chi connectivity index (χ2v) is 5.36. The van der Waals surface area contributed by atoms with Gasteiger partial charge in [0.05, 0.1) is 7.11 Å². The number of hydrogen-bond donors (Lipinski definition) is 1. The maximum atomic E-state index is 11.5. The Morgan fingerprint density at radius 2 is 2.05 bits per heavy atom. The number of rotatable bonds is 6. The van der Waals surface area contributed by atoms with E-state index in [0.717, 1.165) is 5.56 Å². The molecule has 1 unspecified atom stereocenters. The van der Waals surface area contributed by atoms with Gasteiger partial charge in [-0.3, -0.25) is 0 Å². The van der Waals surface area contributed by atoms with Crippen molar-refractivity contribution < 1.29 is 19.4 Å². The number of ether oxygens (including phenoxy) is 2. The molecule has 0 aliphatic carbocycles. The Morgan fingerprint density at radius 1 is 1.27 bits per heavy atom. The molecule has 0 heterocycles. The van der Waals surface area contributed by atoms with Gasteiger partial charge in [-0.1, -0.05) is 23.7 Å². The number of carbonyl (C=O) groups is 1. The molecule has 0 bridgehead atoms. The highest BCUT2D eigenvalue weighted by atomic mass is 35.5. The van der Waals surface area contributed by atoms with E-state index in [4.69, 9.17) is 21.1 Å². The summed E-state index contributed by atoms with van der Waals surface area (Å²) in [5.41, 5.74) is 1.69. The first-order valence-corrected chi connectivity index (χ1v) is 7.16. The van der Waals surface area contributed by atoms with Crippen molar-refractivity contribution in [3.63, 3.8) is 0 Å². The van der Waals surface area contributed by atoms with Gasteiger partial charge in [0.15, 0.2) is 6.10 Å². The van der Waals surface area contributed by atoms with Crippen LogP contribution < -0.4 is 9.47 Å². The molecule has 4 nitrogen and oxygen atoms in total. The van der Waals surface area contributed by atoms with Crippen molar-refractivity contribution in [2.45, 2.75) is 19.4 Å². The molecule has 0 amide bonds. The molecule has 0 aromatic heterocycles. The minimum absolute atomic E-state index is 0.160. The van der Waals surface area contributed by atoms with Gasteiger partial charge < -0.3 is 14.6 Å². The van der Waals surface area contributed by atoms with Gasteiger partial charge in [-0.25, -0.2) is 4.79 Å². The van der Waals surface area contributed by atoms with Crippen LogP contribution in [0.15, 0.2) is 42.5 Å². The van der Waals surface area contributed by atoms with Crippen LogP contribution >= 0.6 is 11.6 Å². The summed E-state index contributed by atoms with van der Waals surface area (Å²) in [5.74, 6) is 0.0698. The van der Waals surface area contributed by atoms with Gasteiger partial charge in [-0.05, 0) is 48.4 Å². The van der Waals surface area contributed by atoms with Crippen molar-refractivity contribution in [2.24, 2.45) is 0 Å². The minimum Gasteiger partial charge on any atom is -0.496 e. The summed E-state index contributed by atoms with van der Waals surface area (Å²) in [6.45, 7) is 1.92. The lowest BCUT2D eigenvalue weighted by atomic mass is 10.1. The topological polar surface area (TPSA) is 55.8 Å². The highest BCUT2D eigenvalue weighted by Gasteiger charge is 2.22. The van der Waals surface area contributed by atoms with Crippen LogP contribution in [0.3, 0.4) is 0 Å². The first-order chi connectivity index (χ1) is 10.5. The summed E-state index contributed by atoms with van der Waals surface area (Å²) >= 11 is 5.97. The maximum absolute atomic E-state index is 11.5. The molecule has 0 saturated heterocycles. The number of aliphatic carboxylic acids is 1. The van der Waals surface area contributed by atoms with E-state index in [1.807, 2.05) is 19.1 Å². The van der Waals surface area contributed by atoms with Gasteiger partial charge in [0, 0.05) is 11.4 Å². The predicted molar refractivity (Wildman–Crippen MR) is 84.9 cm³/mol. The fourth-order valence-corrected chi connectivity index (χ4v) is 2.33. The molecule has 0 aliphatic rings. The van der Waals surface area contributed by atoms with Gasteiger partial charge in [0.2, 0.25) is 0 Å². The van der Waals surface area contributed by atoms with Gasteiger partial charge in [0.1, 0.15) is 11.5 Å². The standard InChI is InChI=1S/C17H17ClO4/c1-11-4-3-5-14(8-11)22-16(17(19)20)10-12-9-13(18)6-7-15(12)21-2/h3-9,16H,10H2,1-2H3,(H,19,20). The third-order valence-electron chi connectivity index (χ3n) is 3.19. The SMILES string of the molecule is COc1ccc(Cl)cc1CC(Oc1cccc(C)c1)C(=O)O. The zero-order valence-electron chi connectivity index (χ0n) is 12.4. The number of methoxy groups -OCH3 is 1. The monoisotopic (exact) mass is 320 g/mol. The Kier molecular flexibility index (Phi) is 5.28. The molecule has 2 aromatic rings. The fraction of sp³-hybridized carbons (Fsp3) is 0.235. The van der Waals surface area contributed by atoms with E-state index in [9.17, 15) is 9.90 Å². The summed E-state index contributed by atoms with van der Waals surface area (Å²) in [4.78, 5) is 11.5. The first-order valence-electron chi connectivity index (χ1n) is 6.78. The number of hydrogen-bond acceptors (Lipinski definition) is 3. The van der Waals surface area contributed by atoms with E-state index in [-0.39, 0.29) is 6.42 Å². The van der Waals surface area contributed by atoms with Crippen LogP contribution in [0.1, 0.15) is 11.1 Å². The fourth-order valence-electron chi connectivity index (χ4n) is 2.14. The molecular weight excluding hydrogens is 304 g/mol. The molecule has 0 aliphatic heterocycles. The summed E-state index contributed by atoms with van der Waals surface area (Å²) < 4.78 is 10.8. The molecule has 0 radical (unpaired) electrons. The van der Waals surface area contributed by atoms with E-state index in [2.05, 4.69) is 0 Å². The number of carboxylic acid groups (broad SMARTS) is 1. The molecule has 0 saturated carbocycles. The largest absolute Gasteiger partial charge is 0.496 e. The Morgan fingerprint density at radius 3 is 2.68 bits per heavy atom. The normalized spacial score (nSPS) is 11.8. The number of aryl methyl sites for hydroxylation is 1. The van der Waals surface area contributed by atoms with E-state index < -0.39 is 12.1 Å². The molecule has 1 N–H and O–H groups in total. The van der Waals surface area contributed by atoms with Crippen LogP contribution in [-0.2, 0) is 11.2 Å². The molecule has 2 rings (SSSR count). The first kappa shape index (κ1) is 16.2. The highest BCUT2D eigenvalue weighted by Crippen LogP contribution is 2.25. The van der Waals surface area contributed by atoms with Crippen LogP contribution in [0.4, 0.5) is 0 Å². The minimum atomic E-state index is -1.04. The predicted octanol–water partition coefficient (Wildman–Crippen LogP) is 3.73. The number of halogens is 1. The molecule has 0 spiro atoms. The van der Waals surface area contributed by atoms with Crippen LogP contribution in [0, 0.1) is 6.92 Å². The van der Waals surface area contributed by atoms with Crippen LogP contribution in [0.25, 0.3) is 0 Å². The third-order valence-corrected chi connectivity index (χ3v) is 3.43. The number of benzene rings is 2. The second-order valence-electron chi connectivity index (χ2n) is 4.92. The van der Waals surface area contributed by atoms with Crippen LogP contribution in [-0.4, -0.2) is 24.3 Å². The lowest BCUT2D eigenvalue weighted by Crippen LogP contribution is -2.29. The van der Waals surface area contributed by atoms with Crippen molar-refractivity contribution in [1.82, 2.24) is 0 Å². The van der Waals surface area contributed by atoms with Crippen molar-refractivity contribution in [2.75, 3.05) is 7.11 Å². The van der Waals surface area contributed by atoms with Crippen LogP contribution in [0.5, 0.6) is 11.5 Å². The average Bonchev–Trinajstić information content (AvgIpc) is 2.47. The molecule has 116 valence electrons. The van der Waals surface area contributed by atoms with E-state index >= 15 is 0 Å². The molecule has 22 heavy (non-hydrogen) atoms. The summed E-state index contributed by atoms with van der Waals surface area (Å²) in [5, 5.41) is 9.92. The molecule has 5 heteroatoms. The number of carboxylic acids is 1. The zero-order valence-corrected chi connectivity index (χ0v) is 13.1. The molecule has 0 fully saturated rings. The van der Waals surface area contributed by atoms with Crippen molar-refractivity contribution in [1.29, 1.82) is 0 Å². The molecule has 2 aromatic carbocycles. The highest BCUT2D eigenvalue weighted by molar-refractivity contribution is 6.30. The molecular formula is C17H17ClO4. The lowest BCUT2D eigenvalue weighted by molar-refractivity contribution is -0.145. The Bertz CT molecular complexity index is 669. The Balaban J connectivity index is 2.22. The van der Waals surface area contributed by atoms with Crippen molar-refractivity contribution >= 4 is 17.6 Å².